The lowest BCUT2D eigenvalue weighted by Crippen LogP contribution is -2.43. The van der Waals surface area contributed by atoms with Gasteiger partial charge >= 0.3 is 6.18 Å². The van der Waals surface area contributed by atoms with Gasteiger partial charge in [0, 0.05) is 13.1 Å². The van der Waals surface area contributed by atoms with Gasteiger partial charge in [0.05, 0.1) is 41.2 Å². The number of para-hydroxylation sites is 1. The maximum atomic E-state index is 14.4. The normalized spacial score (nSPS) is 12.5. The van der Waals surface area contributed by atoms with Gasteiger partial charge in [0.2, 0.25) is 5.91 Å². The van der Waals surface area contributed by atoms with Crippen LogP contribution in [0.5, 0.6) is 5.75 Å². The Morgan fingerprint density at radius 3 is 2.36 bits per heavy atom. The summed E-state index contributed by atoms with van der Waals surface area (Å²) in [7, 11) is 3.66. The minimum atomic E-state index is -4.86. The quantitative estimate of drug-likeness (QED) is 0.227. The highest BCUT2D eigenvalue weighted by Gasteiger charge is 2.34. The van der Waals surface area contributed by atoms with Crippen LogP contribution in [0.4, 0.5) is 17.6 Å². The van der Waals surface area contributed by atoms with E-state index in [-0.39, 0.29) is 42.9 Å². The van der Waals surface area contributed by atoms with Gasteiger partial charge in [-0.25, -0.2) is 9.37 Å². The lowest BCUT2D eigenvalue weighted by molar-refractivity contribution is -0.140. The van der Waals surface area contributed by atoms with Gasteiger partial charge in [-0.1, -0.05) is 18.2 Å². The molecule has 12 heteroatoms. The minimum absolute atomic E-state index is 0.0808. The number of benzene rings is 3. The molecule has 2 N–H and O–H groups in total. The number of nitrogens with two attached hydrogens (primary N) is 1. The second-order valence-corrected chi connectivity index (χ2v) is 10.5. The molecule has 8 nitrogen and oxygen atoms in total. The first kappa shape index (κ1) is 32.6. The Hall–Kier alpha value is -4.29. The first-order valence-electron chi connectivity index (χ1n) is 14.2. The van der Waals surface area contributed by atoms with E-state index >= 15 is 0 Å². The number of amides is 1. The van der Waals surface area contributed by atoms with Gasteiger partial charge in [-0.05, 0) is 88.1 Å². The highest BCUT2D eigenvalue weighted by Crippen LogP contribution is 2.32. The zero-order valence-corrected chi connectivity index (χ0v) is 24.8. The summed E-state index contributed by atoms with van der Waals surface area (Å²) in [6, 6.07) is 15.4. The molecule has 0 fully saturated rings. The lowest BCUT2D eigenvalue weighted by Gasteiger charge is -2.34. The Kier molecular flexibility index (Phi) is 10.4. The number of alkyl halides is 3. The number of fused-ring (bicyclic) bond motifs is 1. The second-order valence-electron chi connectivity index (χ2n) is 10.5. The molecule has 4 rings (SSSR count). The molecule has 1 heterocycles. The van der Waals surface area contributed by atoms with Crippen LogP contribution in [0.15, 0.2) is 71.5 Å². The Bertz CT molecular complexity index is 1660. The maximum absolute atomic E-state index is 14.4. The Labute approximate surface area is 252 Å². The molecule has 0 aliphatic carbocycles. The van der Waals surface area contributed by atoms with E-state index in [9.17, 15) is 27.2 Å². The molecule has 0 aliphatic rings. The number of halogens is 4. The van der Waals surface area contributed by atoms with Crippen LogP contribution < -0.4 is 16.0 Å². The van der Waals surface area contributed by atoms with Gasteiger partial charge in [-0.15, -0.1) is 0 Å². The van der Waals surface area contributed by atoms with Crippen LogP contribution in [-0.2, 0) is 17.4 Å². The third-order valence-electron chi connectivity index (χ3n) is 7.12. The molecular formula is C32H35F4N5O3. The molecule has 1 atom stereocenters. The summed E-state index contributed by atoms with van der Waals surface area (Å²) in [5.41, 5.74) is 5.31. The first-order valence-corrected chi connectivity index (χ1v) is 14.2. The smallest absolute Gasteiger partial charge is 0.419 e. The number of nitrogens with zero attached hydrogens (tertiary/aromatic N) is 4. The van der Waals surface area contributed by atoms with Crippen molar-refractivity contribution in [1.29, 1.82) is 0 Å². The number of carbonyl (C=O) groups excluding carboxylic acids is 1. The van der Waals surface area contributed by atoms with E-state index in [2.05, 4.69) is 0 Å². The van der Waals surface area contributed by atoms with Gasteiger partial charge in [0.15, 0.2) is 0 Å². The van der Waals surface area contributed by atoms with Gasteiger partial charge in [-0.3, -0.25) is 14.2 Å². The Balaban J connectivity index is 1.85. The van der Waals surface area contributed by atoms with Crippen molar-refractivity contribution < 1.29 is 27.1 Å². The van der Waals surface area contributed by atoms with Crippen molar-refractivity contribution in [3.8, 4) is 11.4 Å². The summed E-state index contributed by atoms with van der Waals surface area (Å²) in [5.74, 6) is -1.05. The fourth-order valence-electron chi connectivity index (χ4n) is 5.00. The zero-order valence-electron chi connectivity index (χ0n) is 24.8. The number of hydrogen-bond acceptors (Lipinski definition) is 6. The summed E-state index contributed by atoms with van der Waals surface area (Å²) >= 11 is 0. The SMILES string of the molecule is CCOc1ccc(-n2c(C(CCN)N(CCN(C)C)C(=O)Cc3ccc(C(F)(F)F)c(F)c3)nc3ccccc3c2=O)cc1. The average molecular weight is 614 g/mol. The molecule has 44 heavy (non-hydrogen) atoms. The summed E-state index contributed by atoms with van der Waals surface area (Å²) < 4.78 is 60.8. The number of likely N-dealkylation sites (N-methyl/N-ethyl adjacent to an activating group) is 1. The minimum Gasteiger partial charge on any atom is -0.494 e. The molecule has 234 valence electrons. The van der Waals surface area contributed by atoms with Gasteiger partial charge in [-0.2, -0.15) is 13.2 Å². The van der Waals surface area contributed by atoms with E-state index in [1.165, 1.54) is 9.47 Å². The number of rotatable bonds is 12. The van der Waals surface area contributed by atoms with Crippen LogP contribution in [0.3, 0.4) is 0 Å². The summed E-state index contributed by atoms with van der Waals surface area (Å²) in [5, 5.41) is 0.378. The number of ether oxygens (including phenoxy) is 1. The molecule has 0 aliphatic heterocycles. The van der Waals surface area contributed by atoms with E-state index < -0.39 is 29.5 Å². The molecule has 0 spiro atoms. The predicted molar refractivity (Wildman–Crippen MR) is 160 cm³/mol. The lowest BCUT2D eigenvalue weighted by atomic mass is 10.0. The molecule has 0 saturated carbocycles. The van der Waals surface area contributed by atoms with Crippen molar-refractivity contribution in [1.82, 2.24) is 19.4 Å². The van der Waals surface area contributed by atoms with Gasteiger partial charge < -0.3 is 20.3 Å². The highest BCUT2D eigenvalue weighted by atomic mass is 19.4. The summed E-state index contributed by atoms with van der Waals surface area (Å²) in [6.07, 6.45) is -5.00. The van der Waals surface area contributed by atoms with Crippen LogP contribution >= 0.6 is 0 Å². The first-order chi connectivity index (χ1) is 20.9. The molecule has 4 aromatic rings. The number of aromatic nitrogens is 2. The summed E-state index contributed by atoms with van der Waals surface area (Å²) in [6.45, 7) is 3.07. The monoisotopic (exact) mass is 613 g/mol. The van der Waals surface area contributed by atoms with Gasteiger partial charge in [0.25, 0.3) is 5.56 Å². The zero-order chi connectivity index (χ0) is 32.0. The fourth-order valence-corrected chi connectivity index (χ4v) is 5.00. The molecule has 0 radical (unpaired) electrons. The highest BCUT2D eigenvalue weighted by molar-refractivity contribution is 5.80. The van der Waals surface area contributed by atoms with Crippen LogP contribution in [0.1, 0.15) is 36.3 Å². The van der Waals surface area contributed by atoms with E-state index in [1.807, 2.05) is 25.9 Å². The van der Waals surface area contributed by atoms with E-state index in [0.717, 1.165) is 12.1 Å². The molecule has 3 aromatic carbocycles. The van der Waals surface area contributed by atoms with Crippen LogP contribution in [0.2, 0.25) is 0 Å². The molecule has 0 bridgehead atoms. The maximum Gasteiger partial charge on any atom is 0.419 e. The predicted octanol–water partition coefficient (Wildman–Crippen LogP) is 4.97. The summed E-state index contributed by atoms with van der Waals surface area (Å²) in [4.78, 5) is 36.1. The van der Waals surface area contributed by atoms with Crippen molar-refractivity contribution in [2.45, 2.75) is 32.0 Å². The topological polar surface area (TPSA) is 93.7 Å². The van der Waals surface area contributed by atoms with Crippen LogP contribution in [0.25, 0.3) is 16.6 Å². The van der Waals surface area contributed by atoms with Crippen molar-refractivity contribution >= 4 is 16.8 Å². The van der Waals surface area contributed by atoms with E-state index in [1.54, 1.807) is 48.5 Å². The van der Waals surface area contributed by atoms with Crippen LogP contribution in [-0.4, -0.2) is 65.6 Å². The van der Waals surface area contributed by atoms with Crippen molar-refractivity contribution in [2.24, 2.45) is 5.73 Å². The average Bonchev–Trinajstić information content (AvgIpc) is 2.96. The van der Waals surface area contributed by atoms with Crippen molar-refractivity contribution in [3.05, 3.63) is 99.9 Å². The Morgan fingerprint density at radius 1 is 1.05 bits per heavy atom. The molecule has 1 amide bonds. The molecule has 1 unspecified atom stereocenters. The van der Waals surface area contributed by atoms with Crippen molar-refractivity contribution in [3.63, 3.8) is 0 Å². The third kappa shape index (κ3) is 7.43. The van der Waals surface area contributed by atoms with Crippen molar-refractivity contribution in [2.75, 3.05) is 40.3 Å². The fraction of sp³-hybridized carbons (Fsp3) is 0.344. The number of carbonyl (C=O) groups is 1. The molecule has 1 aromatic heterocycles. The van der Waals surface area contributed by atoms with Gasteiger partial charge in [0.1, 0.15) is 17.4 Å². The third-order valence-corrected chi connectivity index (χ3v) is 7.12. The Morgan fingerprint density at radius 2 is 1.75 bits per heavy atom. The van der Waals surface area contributed by atoms with E-state index in [0.29, 0.717) is 41.6 Å². The van der Waals surface area contributed by atoms with E-state index in [4.69, 9.17) is 15.5 Å². The standard InChI is InChI=1S/C32H35F4N5O3/c1-4-44-23-12-10-22(11-13-23)41-30(38-27-8-6-5-7-24(27)31(41)43)28(15-16-37)40(18-17-39(2)3)29(42)20-21-9-14-25(26(33)19-21)32(34,35)36/h5-14,19,28H,4,15-18,20,37H2,1-3H3. The largest absolute Gasteiger partial charge is 0.494 e. The molecular weight excluding hydrogens is 578 g/mol. The number of hydrogen-bond donors (Lipinski definition) is 1. The molecule has 0 saturated heterocycles. The van der Waals surface area contributed by atoms with Crippen LogP contribution in [0, 0.1) is 5.82 Å². The second kappa shape index (κ2) is 14.0.